The minimum atomic E-state index is -0.274. The van der Waals surface area contributed by atoms with Crippen LogP contribution in [-0.4, -0.2) is 22.4 Å². The number of hydrogen-bond donors (Lipinski definition) is 2. The van der Waals surface area contributed by atoms with Gasteiger partial charge in [-0.3, -0.25) is 0 Å². The van der Waals surface area contributed by atoms with Gasteiger partial charge in [0.15, 0.2) is 0 Å². The highest BCUT2D eigenvalue weighted by atomic mass is 16.3. The maximum Gasteiger partial charge on any atom is 0.0540 e. The van der Waals surface area contributed by atoms with E-state index in [0.29, 0.717) is 5.92 Å². The minimum absolute atomic E-state index is 0.258. The van der Waals surface area contributed by atoms with Crippen LogP contribution in [0.15, 0.2) is 0 Å². The van der Waals surface area contributed by atoms with E-state index >= 15 is 0 Å². The molecule has 0 fully saturated rings. The first-order chi connectivity index (χ1) is 4.95. The van der Waals surface area contributed by atoms with Crippen molar-refractivity contribution in [2.45, 2.75) is 46.3 Å². The molecule has 0 aromatic carbocycles. The summed E-state index contributed by atoms with van der Waals surface area (Å²) in [5.41, 5.74) is 0. The highest BCUT2D eigenvalue weighted by Crippen LogP contribution is 2.19. The maximum absolute atomic E-state index is 9.22. The highest BCUT2D eigenvalue weighted by Gasteiger charge is 2.18. The van der Waals surface area contributed by atoms with Gasteiger partial charge >= 0.3 is 0 Å². The Balaban J connectivity index is 3.73. The molecule has 0 aliphatic carbocycles. The molecule has 2 N–H and O–H groups in total. The highest BCUT2D eigenvalue weighted by molar-refractivity contribution is 4.68. The van der Waals surface area contributed by atoms with Crippen molar-refractivity contribution in [1.29, 1.82) is 0 Å². The molecule has 0 aromatic heterocycles. The second kappa shape index (κ2) is 4.73. The third-order valence-electron chi connectivity index (χ3n) is 2.37. The molecule has 2 heteroatoms. The van der Waals surface area contributed by atoms with Crippen LogP contribution in [0.3, 0.4) is 0 Å². The Hall–Kier alpha value is -0.0800. The third kappa shape index (κ3) is 4.38. The Morgan fingerprint density at radius 2 is 1.45 bits per heavy atom. The average Bonchev–Trinajstić information content (AvgIpc) is 1.84. The SMILES string of the molecule is CC(O)CC(C)C(C)C(C)O. The fraction of sp³-hybridized carbons (Fsp3) is 1.00. The van der Waals surface area contributed by atoms with E-state index in [1.165, 1.54) is 0 Å². The van der Waals surface area contributed by atoms with Crippen LogP contribution in [-0.2, 0) is 0 Å². The molecule has 0 aliphatic rings. The monoisotopic (exact) mass is 160 g/mol. The van der Waals surface area contributed by atoms with Crippen LogP contribution in [0.2, 0.25) is 0 Å². The van der Waals surface area contributed by atoms with Crippen molar-refractivity contribution in [3.63, 3.8) is 0 Å². The van der Waals surface area contributed by atoms with Gasteiger partial charge in [-0.1, -0.05) is 13.8 Å². The lowest BCUT2D eigenvalue weighted by molar-refractivity contribution is 0.0773. The molecule has 0 heterocycles. The van der Waals surface area contributed by atoms with Crippen molar-refractivity contribution in [2.24, 2.45) is 11.8 Å². The molecular formula is C9H20O2. The first-order valence-electron chi connectivity index (χ1n) is 4.31. The Bertz CT molecular complexity index is 99.7. The topological polar surface area (TPSA) is 40.5 Å². The van der Waals surface area contributed by atoms with Gasteiger partial charge in [-0.25, -0.2) is 0 Å². The summed E-state index contributed by atoms with van der Waals surface area (Å²) >= 11 is 0. The number of aliphatic hydroxyl groups is 2. The molecule has 11 heavy (non-hydrogen) atoms. The molecule has 0 spiro atoms. The summed E-state index contributed by atoms with van der Waals surface area (Å²) in [6.45, 7) is 7.65. The van der Waals surface area contributed by atoms with Gasteiger partial charge in [-0.05, 0) is 32.1 Å². The van der Waals surface area contributed by atoms with Crippen molar-refractivity contribution in [3.8, 4) is 0 Å². The zero-order valence-corrected chi connectivity index (χ0v) is 7.91. The van der Waals surface area contributed by atoms with Crippen molar-refractivity contribution in [1.82, 2.24) is 0 Å². The Kier molecular flexibility index (Phi) is 4.69. The maximum atomic E-state index is 9.22. The van der Waals surface area contributed by atoms with E-state index in [0.717, 1.165) is 6.42 Å². The van der Waals surface area contributed by atoms with Gasteiger partial charge in [0.25, 0.3) is 0 Å². The Morgan fingerprint density at radius 3 is 1.73 bits per heavy atom. The van der Waals surface area contributed by atoms with Gasteiger partial charge in [-0.15, -0.1) is 0 Å². The normalized spacial score (nSPS) is 22.4. The largest absolute Gasteiger partial charge is 0.393 e. The molecule has 0 amide bonds. The molecule has 0 radical (unpaired) electrons. The fourth-order valence-electron chi connectivity index (χ4n) is 1.23. The molecule has 0 rings (SSSR count). The van der Waals surface area contributed by atoms with Crippen LogP contribution >= 0.6 is 0 Å². The predicted molar refractivity (Wildman–Crippen MR) is 46.3 cm³/mol. The molecule has 4 atom stereocenters. The first kappa shape index (κ1) is 10.9. The van der Waals surface area contributed by atoms with Gasteiger partial charge in [0.05, 0.1) is 12.2 Å². The van der Waals surface area contributed by atoms with Gasteiger partial charge in [0, 0.05) is 0 Å². The van der Waals surface area contributed by atoms with Gasteiger partial charge < -0.3 is 10.2 Å². The molecule has 0 bridgehead atoms. The minimum Gasteiger partial charge on any atom is -0.393 e. The number of hydrogen-bond acceptors (Lipinski definition) is 2. The van der Waals surface area contributed by atoms with Gasteiger partial charge in [0.2, 0.25) is 0 Å². The van der Waals surface area contributed by atoms with Crippen molar-refractivity contribution in [3.05, 3.63) is 0 Å². The van der Waals surface area contributed by atoms with E-state index in [1.807, 2.05) is 6.92 Å². The van der Waals surface area contributed by atoms with Crippen LogP contribution in [0.4, 0.5) is 0 Å². The van der Waals surface area contributed by atoms with Crippen LogP contribution in [0.25, 0.3) is 0 Å². The molecule has 2 nitrogen and oxygen atoms in total. The average molecular weight is 160 g/mol. The quantitative estimate of drug-likeness (QED) is 0.653. The van der Waals surface area contributed by atoms with E-state index in [1.54, 1.807) is 13.8 Å². The summed E-state index contributed by atoms with van der Waals surface area (Å²) in [4.78, 5) is 0. The number of aliphatic hydroxyl groups excluding tert-OH is 2. The van der Waals surface area contributed by atoms with Crippen LogP contribution in [0, 0.1) is 11.8 Å². The third-order valence-corrected chi connectivity index (χ3v) is 2.37. The summed E-state index contributed by atoms with van der Waals surface area (Å²) in [7, 11) is 0. The first-order valence-corrected chi connectivity index (χ1v) is 4.31. The molecule has 4 unspecified atom stereocenters. The van der Waals surface area contributed by atoms with Crippen molar-refractivity contribution in [2.75, 3.05) is 0 Å². The van der Waals surface area contributed by atoms with Gasteiger partial charge in [-0.2, -0.15) is 0 Å². The molecule has 0 saturated carbocycles. The molecule has 68 valence electrons. The van der Waals surface area contributed by atoms with E-state index in [2.05, 4.69) is 6.92 Å². The number of rotatable bonds is 4. The van der Waals surface area contributed by atoms with E-state index in [9.17, 15) is 5.11 Å². The lowest BCUT2D eigenvalue weighted by atomic mass is 9.87. The summed E-state index contributed by atoms with van der Waals surface area (Å²) in [6.07, 6.45) is 0.237. The van der Waals surface area contributed by atoms with Crippen LogP contribution in [0.5, 0.6) is 0 Å². The Morgan fingerprint density at radius 1 is 1.00 bits per heavy atom. The van der Waals surface area contributed by atoms with E-state index in [-0.39, 0.29) is 18.1 Å². The molecular weight excluding hydrogens is 140 g/mol. The fourth-order valence-corrected chi connectivity index (χ4v) is 1.23. The Labute approximate surface area is 69.2 Å². The summed E-state index contributed by atoms with van der Waals surface area (Å²) in [6, 6.07) is 0. The lowest BCUT2D eigenvalue weighted by Gasteiger charge is -2.23. The zero-order chi connectivity index (χ0) is 9.02. The smallest absolute Gasteiger partial charge is 0.0540 e. The van der Waals surface area contributed by atoms with Crippen LogP contribution < -0.4 is 0 Å². The van der Waals surface area contributed by atoms with E-state index in [4.69, 9.17) is 5.11 Å². The predicted octanol–water partition coefficient (Wildman–Crippen LogP) is 1.41. The van der Waals surface area contributed by atoms with Crippen molar-refractivity contribution < 1.29 is 10.2 Å². The lowest BCUT2D eigenvalue weighted by Crippen LogP contribution is -2.23. The summed E-state index contributed by atoms with van der Waals surface area (Å²) in [5.74, 6) is 0.652. The summed E-state index contributed by atoms with van der Waals surface area (Å²) < 4.78 is 0. The molecule has 0 aromatic rings. The second-order valence-corrected chi connectivity index (χ2v) is 3.66. The van der Waals surface area contributed by atoms with E-state index < -0.39 is 0 Å². The second-order valence-electron chi connectivity index (χ2n) is 3.66. The van der Waals surface area contributed by atoms with Crippen LogP contribution in [0.1, 0.15) is 34.1 Å². The standard InChI is InChI=1S/C9H20O2/c1-6(5-7(2)10)8(3)9(4)11/h6-11H,5H2,1-4H3. The van der Waals surface area contributed by atoms with Crippen molar-refractivity contribution >= 4 is 0 Å². The zero-order valence-electron chi connectivity index (χ0n) is 7.91. The molecule has 0 saturated heterocycles. The summed E-state index contributed by atoms with van der Waals surface area (Å²) in [5, 5.41) is 18.3. The molecule has 0 aliphatic heterocycles. The van der Waals surface area contributed by atoms with Gasteiger partial charge in [0.1, 0.15) is 0 Å².